The fourth-order valence-corrected chi connectivity index (χ4v) is 2.73. The highest BCUT2D eigenvalue weighted by molar-refractivity contribution is 14.1. The number of allylic oxidation sites excluding steroid dienone is 1. The van der Waals surface area contributed by atoms with E-state index in [2.05, 4.69) is 45.8 Å². The number of hydrogen-bond donors (Lipinski definition) is 1. The second kappa shape index (κ2) is 6.83. The second-order valence-corrected chi connectivity index (χ2v) is 5.37. The van der Waals surface area contributed by atoms with Crippen LogP contribution in [0.5, 0.6) is 0 Å². The van der Waals surface area contributed by atoms with Crippen molar-refractivity contribution in [1.82, 2.24) is 5.32 Å². The van der Waals surface area contributed by atoms with E-state index in [0.29, 0.717) is 6.04 Å². The smallest absolute Gasteiger partial charge is 0.0585 e. The van der Waals surface area contributed by atoms with E-state index in [0.717, 1.165) is 12.1 Å². The number of rotatable bonds is 2. The van der Waals surface area contributed by atoms with Crippen molar-refractivity contribution in [3.05, 3.63) is 45.6 Å². The SMILES string of the molecule is IC1=CCCCC1NCC#Cc1ccccc1. The van der Waals surface area contributed by atoms with E-state index in [4.69, 9.17) is 0 Å². The minimum Gasteiger partial charge on any atom is -0.299 e. The van der Waals surface area contributed by atoms with Gasteiger partial charge in [0.1, 0.15) is 0 Å². The molecule has 0 amide bonds. The molecule has 1 aliphatic carbocycles. The summed E-state index contributed by atoms with van der Waals surface area (Å²) in [6, 6.07) is 10.6. The summed E-state index contributed by atoms with van der Waals surface area (Å²) >= 11 is 2.43. The summed E-state index contributed by atoms with van der Waals surface area (Å²) in [5.41, 5.74) is 1.09. The molecule has 1 aliphatic rings. The summed E-state index contributed by atoms with van der Waals surface area (Å²) < 4.78 is 1.44. The van der Waals surface area contributed by atoms with Gasteiger partial charge < -0.3 is 0 Å². The van der Waals surface area contributed by atoms with Crippen molar-refractivity contribution in [2.75, 3.05) is 6.54 Å². The summed E-state index contributed by atoms with van der Waals surface area (Å²) in [5, 5.41) is 3.49. The molecule has 0 aromatic heterocycles. The average Bonchev–Trinajstić information content (AvgIpc) is 2.38. The lowest BCUT2D eigenvalue weighted by Crippen LogP contribution is -2.30. The van der Waals surface area contributed by atoms with Crippen LogP contribution in [0.4, 0.5) is 0 Å². The lowest BCUT2D eigenvalue weighted by molar-refractivity contribution is 0.548. The maximum Gasteiger partial charge on any atom is 0.0585 e. The van der Waals surface area contributed by atoms with E-state index in [-0.39, 0.29) is 0 Å². The van der Waals surface area contributed by atoms with E-state index >= 15 is 0 Å². The molecule has 0 spiro atoms. The quantitative estimate of drug-likeness (QED) is 0.643. The number of hydrogen-bond acceptors (Lipinski definition) is 1. The summed E-state index contributed by atoms with van der Waals surface area (Å²) in [6.45, 7) is 0.764. The maximum atomic E-state index is 3.49. The largest absolute Gasteiger partial charge is 0.299 e. The van der Waals surface area contributed by atoms with Crippen LogP contribution < -0.4 is 5.32 Å². The Labute approximate surface area is 117 Å². The Bertz CT molecular complexity index is 439. The third-order valence-corrected chi connectivity index (χ3v) is 4.00. The first-order valence-corrected chi connectivity index (χ1v) is 7.07. The lowest BCUT2D eigenvalue weighted by Gasteiger charge is -2.20. The van der Waals surface area contributed by atoms with Crippen LogP contribution in [-0.2, 0) is 0 Å². The molecule has 0 radical (unpaired) electrons. The predicted molar refractivity (Wildman–Crippen MR) is 81.1 cm³/mol. The van der Waals surface area contributed by atoms with Gasteiger partial charge in [0, 0.05) is 15.2 Å². The highest BCUT2D eigenvalue weighted by atomic mass is 127. The van der Waals surface area contributed by atoms with Crippen LogP contribution in [0.25, 0.3) is 0 Å². The van der Waals surface area contributed by atoms with Gasteiger partial charge in [-0.3, -0.25) is 5.32 Å². The molecule has 1 N–H and O–H groups in total. The Morgan fingerprint density at radius 2 is 2.12 bits per heavy atom. The summed E-state index contributed by atoms with van der Waals surface area (Å²) in [4.78, 5) is 0. The zero-order valence-electron chi connectivity index (χ0n) is 9.75. The molecule has 2 rings (SSSR count). The maximum absolute atomic E-state index is 3.49. The van der Waals surface area contributed by atoms with Crippen LogP contribution >= 0.6 is 22.6 Å². The minimum atomic E-state index is 0.523. The molecule has 1 aromatic carbocycles. The third kappa shape index (κ3) is 4.18. The van der Waals surface area contributed by atoms with Gasteiger partial charge in [0.2, 0.25) is 0 Å². The van der Waals surface area contributed by atoms with Crippen molar-refractivity contribution in [1.29, 1.82) is 0 Å². The van der Waals surface area contributed by atoms with Crippen LogP contribution in [-0.4, -0.2) is 12.6 Å². The van der Waals surface area contributed by atoms with Gasteiger partial charge in [0.05, 0.1) is 6.54 Å². The molecular weight excluding hydrogens is 321 g/mol. The summed E-state index contributed by atoms with van der Waals surface area (Å²) in [6.07, 6.45) is 6.08. The van der Waals surface area contributed by atoms with Gasteiger partial charge in [-0.25, -0.2) is 0 Å². The molecule has 2 heteroatoms. The van der Waals surface area contributed by atoms with E-state index in [9.17, 15) is 0 Å². The monoisotopic (exact) mass is 337 g/mol. The average molecular weight is 337 g/mol. The van der Waals surface area contributed by atoms with Gasteiger partial charge in [0.15, 0.2) is 0 Å². The van der Waals surface area contributed by atoms with Gasteiger partial charge in [0.25, 0.3) is 0 Å². The van der Waals surface area contributed by atoms with E-state index < -0.39 is 0 Å². The van der Waals surface area contributed by atoms with E-state index in [1.54, 1.807) is 0 Å². The van der Waals surface area contributed by atoms with Gasteiger partial charge in [-0.1, -0.05) is 36.1 Å². The van der Waals surface area contributed by atoms with Crippen LogP contribution in [0.15, 0.2) is 40.0 Å². The molecule has 0 bridgehead atoms. The molecule has 1 nitrogen and oxygen atoms in total. The molecule has 1 aromatic rings. The van der Waals surface area contributed by atoms with Gasteiger partial charge in [-0.05, 0) is 54.0 Å². The van der Waals surface area contributed by atoms with E-state index in [1.807, 2.05) is 30.3 Å². The fourth-order valence-electron chi connectivity index (χ4n) is 1.88. The third-order valence-electron chi connectivity index (χ3n) is 2.81. The Hall–Kier alpha value is -0.790. The molecular formula is C15H16IN. The fraction of sp³-hybridized carbons (Fsp3) is 0.333. The van der Waals surface area contributed by atoms with Gasteiger partial charge >= 0.3 is 0 Å². The zero-order chi connectivity index (χ0) is 11.9. The van der Waals surface area contributed by atoms with Crippen molar-refractivity contribution >= 4 is 22.6 Å². The molecule has 0 heterocycles. The van der Waals surface area contributed by atoms with Crippen LogP contribution in [0.1, 0.15) is 24.8 Å². The number of halogens is 1. The highest BCUT2D eigenvalue weighted by Crippen LogP contribution is 2.23. The molecule has 17 heavy (non-hydrogen) atoms. The number of benzene rings is 1. The first kappa shape index (κ1) is 12.7. The molecule has 88 valence electrons. The Balaban J connectivity index is 1.82. The Morgan fingerprint density at radius 3 is 2.88 bits per heavy atom. The van der Waals surface area contributed by atoms with Gasteiger partial charge in [-0.15, -0.1) is 0 Å². The van der Waals surface area contributed by atoms with Gasteiger partial charge in [-0.2, -0.15) is 0 Å². The molecule has 0 saturated carbocycles. The molecule has 0 aliphatic heterocycles. The number of nitrogens with one attached hydrogen (secondary N) is 1. The zero-order valence-corrected chi connectivity index (χ0v) is 11.9. The first-order chi connectivity index (χ1) is 8.36. The van der Waals surface area contributed by atoms with Crippen LogP contribution in [0, 0.1) is 11.8 Å². The van der Waals surface area contributed by atoms with E-state index in [1.165, 1.54) is 22.8 Å². The normalized spacial score (nSPS) is 19.1. The Kier molecular flexibility index (Phi) is 5.08. The highest BCUT2D eigenvalue weighted by Gasteiger charge is 2.13. The molecule has 0 fully saturated rings. The Morgan fingerprint density at radius 1 is 1.29 bits per heavy atom. The minimum absolute atomic E-state index is 0.523. The van der Waals surface area contributed by atoms with Crippen molar-refractivity contribution in [2.45, 2.75) is 25.3 Å². The standard InChI is InChI=1S/C15H16IN/c16-14-10-4-5-11-15(14)17-12-6-9-13-7-2-1-3-8-13/h1-3,7-8,10,15,17H,4-5,11-12H2. The van der Waals surface area contributed by atoms with Crippen LogP contribution in [0.2, 0.25) is 0 Å². The second-order valence-electron chi connectivity index (χ2n) is 4.12. The summed E-state index contributed by atoms with van der Waals surface area (Å²) in [7, 11) is 0. The van der Waals surface area contributed by atoms with Crippen LogP contribution in [0.3, 0.4) is 0 Å². The van der Waals surface area contributed by atoms with Crippen molar-refractivity contribution in [3.8, 4) is 11.8 Å². The lowest BCUT2D eigenvalue weighted by atomic mass is 10.0. The topological polar surface area (TPSA) is 12.0 Å². The van der Waals surface area contributed by atoms with Crippen molar-refractivity contribution in [3.63, 3.8) is 0 Å². The first-order valence-electron chi connectivity index (χ1n) is 5.99. The predicted octanol–water partition coefficient (Wildman–Crippen LogP) is 3.50. The molecule has 1 unspecified atom stereocenters. The van der Waals surface area contributed by atoms with Crippen molar-refractivity contribution < 1.29 is 0 Å². The molecule has 0 saturated heterocycles. The summed E-state index contributed by atoms with van der Waals surface area (Å²) in [5.74, 6) is 6.34. The molecule has 1 atom stereocenters. The van der Waals surface area contributed by atoms with Crippen molar-refractivity contribution in [2.24, 2.45) is 0 Å².